The Hall–Kier alpha value is -3.92. The second kappa shape index (κ2) is 12.3. The van der Waals surface area contributed by atoms with Crippen molar-refractivity contribution in [2.45, 2.75) is 39.7 Å². The molecule has 10 heteroatoms. The van der Waals surface area contributed by atoms with Crippen LogP contribution in [0.5, 0.6) is 11.5 Å². The number of piperidine rings is 1. The van der Waals surface area contributed by atoms with Crippen molar-refractivity contribution < 1.29 is 14.3 Å². The monoisotopic (exact) mass is 534 g/mol. The number of aryl methyl sites for hydroxylation is 1. The predicted molar refractivity (Wildman–Crippen MR) is 154 cm³/mol. The predicted octanol–water partition coefficient (Wildman–Crippen LogP) is 3.97. The molecule has 1 saturated heterocycles. The highest BCUT2D eigenvalue weighted by atomic mass is 16.5. The van der Waals surface area contributed by atoms with Crippen molar-refractivity contribution in [2.24, 2.45) is 13.0 Å². The van der Waals surface area contributed by atoms with E-state index < -0.39 is 0 Å². The number of nitrogens with zero attached hydrogens (tertiary/aromatic N) is 4. The molecule has 0 radical (unpaired) electrons. The molecule has 2 aromatic heterocycles. The number of hydrogen-bond acceptors (Lipinski definition) is 8. The zero-order valence-corrected chi connectivity index (χ0v) is 23.6. The van der Waals surface area contributed by atoms with Gasteiger partial charge in [0.15, 0.2) is 5.75 Å². The number of benzene rings is 1. The van der Waals surface area contributed by atoms with Crippen LogP contribution in [0, 0.1) is 5.92 Å². The first-order valence-corrected chi connectivity index (χ1v) is 13.3. The zero-order chi connectivity index (χ0) is 28.1. The van der Waals surface area contributed by atoms with Crippen LogP contribution in [0.4, 0.5) is 11.6 Å². The molecule has 0 spiro atoms. The summed E-state index contributed by atoms with van der Waals surface area (Å²) < 4.78 is 13.0. The van der Waals surface area contributed by atoms with Crippen molar-refractivity contribution in [3.8, 4) is 11.5 Å². The molecule has 1 aliphatic rings. The number of hydrogen-bond donors (Lipinski definition) is 2. The Morgan fingerprint density at radius 3 is 2.64 bits per heavy atom. The molecule has 3 heterocycles. The molecule has 10 nitrogen and oxygen atoms in total. The fourth-order valence-corrected chi connectivity index (χ4v) is 4.55. The quantitative estimate of drug-likeness (QED) is 0.424. The number of methoxy groups -OCH3 is 1. The molecular weight excluding hydrogens is 496 g/mol. The maximum atomic E-state index is 13.1. The third kappa shape index (κ3) is 6.39. The third-order valence-electron chi connectivity index (χ3n) is 6.79. The second-order valence-electron chi connectivity index (χ2n) is 10.3. The Morgan fingerprint density at radius 1 is 1.23 bits per heavy atom. The van der Waals surface area contributed by atoms with E-state index in [0.29, 0.717) is 46.2 Å². The average Bonchev–Trinajstić information content (AvgIpc) is 2.92. The first-order chi connectivity index (χ1) is 18.7. The maximum absolute atomic E-state index is 13.1. The highest BCUT2D eigenvalue weighted by Gasteiger charge is 2.21. The van der Waals surface area contributed by atoms with Crippen LogP contribution >= 0.6 is 0 Å². The van der Waals surface area contributed by atoms with E-state index in [-0.39, 0.29) is 29.2 Å². The first-order valence-electron chi connectivity index (χ1n) is 13.3. The maximum Gasteiger partial charge on any atom is 0.293 e. The molecule has 0 atom stereocenters. The lowest BCUT2D eigenvalue weighted by Gasteiger charge is -2.29. The highest BCUT2D eigenvalue weighted by molar-refractivity contribution is 5.95. The smallest absolute Gasteiger partial charge is 0.293 e. The van der Waals surface area contributed by atoms with E-state index in [9.17, 15) is 9.59 Å². The molecule has 0 bridgehead atoms. The standard InChI is InChI=1S/C29H38N6O4/c1-7-8-21-25-23(35(5)28(37)26(21)39-17-18(2)3)16-30-29(33-25)32-22-10-9-19(15-24(22)38-6)27(36)31-20-11-13-34(4)14-12-20/h7-10,15-16,18,20H,11-14,17H2,1-6H3,(H,31,36)(H,30,32,33)/b8-7+. The van der Waals surface area contributed by atoms with Gasteiger partial charge in [0.2, 0.25) is 5.95 Å². The molecule has 1 aliphatic heterocycles. The van der Waals surface area contributed by atoms with Crippen LogP contribution in [0.25, 0.3) is 17.1 Å². The van der Waals surface area contributed by atoms with Gasteiger partial charge in [-0.25, -0.2) is 9.97 Å². The van der Waals surface area contributed by atoms with Crippen LogP contribution in [-0.2, 0) is 7.05 Å². The van der Waals surface area contributed by atoms with Gasteiger partial charge in [0.1, 0.15) is 11.3 Å². The number of rotatable bonds is 9. The Kier molecular flexibility index (Phi) is 8.86. The normalized spacial score (nSPS) is 14.7. The van der Waals surface area contributed by atoms with Gasteiger partial charge in [-0.1, -0.05) is 26.0 Å². The molecule has 39 heavy (non-hydrogen) atoms. The van der Waals surface area contributed by atoms with E-state index in [0.717, 1.165) is 25.9 Å². The van der Waals surface area contributed by atoms with Gasteiger partial charge >= 0.3 is 0 Å². The van der Waals surface area contributed by atoms with Gasteiger partial charge in [-0.05, 0) is 64.0 Å². The topological polar surface area (TPSA) is 111 Å². The molecule has 1 aromatic carbocycles. The van der Waals surface area contributed by atoms with Crippen molar-refractivity contribution >= 4 is 34.7 Å². The van der Waals surface area contributed by atoms with Gasteiger partial charge in [-0.3, -0.25) is 9.59 Å². The third-order valence-corrected chi connectivity index (χ3v) is 6.79. The van der Waals surface area contributed by atoms with Crippen LogP contribution in [0.1, 0.15) is 49.5 Å². The fraction of sp³-hybridized carbons (Fsp3) is 0.448. The van der Waals surface area contributed by atoms with E-state index in [2.05, 4.69) is 27.6 Å². The summed E-state index contributed by atoms with van der Waals surface area (Å²) in [7, 11) is 5.33. The number of aromatic nitrogens is 3. The van der Waals surface area contributed by atoms with Gasteiger partial charge in [0, 0.05) is 18.7 Å². The molecule has 4 rings (SSSR count). The summed E-state index contributed by atoms with van der Waals surface area (Å²) in [6.07, 6.45) is 7.16. The van der Waals surface area contributed by atoms with E-state index >= 15 is 0 Å². The van der Waals surface area contributed by atoms with Crippen molar-refractivity contribution in [2.75, 3.05) is 39.2 Å². The molecule has 0 saturated carbocycles. The largest absolute Gasteiger partial charge is 0.495 e. The molecule has 2 N–H and O–H groups in total. The highest BCUT2D eigenvalue weighted by Crippen LogP contribution is 2.30. The second-order valence-corrected chi connectivity index (χ2v) is 10.3. The molecule has 3 aromatic rings. The Bertz CT molecular complexity index is 1420. The lowest BCUT2D eigenvalue weighted by molar-refractivity contribution is 0.0916. The molecule has 0 aliphatic carbocycles. The Morgan fingerprint density at radius 2 is 1.97 bits per heavy atom. The molecule has 0 unspecified atom stereocenters. The summed E-state index contributed by atoms with van der Waals surface area (Å²) >= 11 is 0. The number of allylic oxidation sites excluding steroid dienone is 1. The van der Waals surface area contributed by atoms with Gasteiger partial charge < -0.3 is 29.6 Å². The number of fused-ring (bicyclic) bond motifs is 1. The van der Waals surface area contributed by atoms with E-state index in [4.69, 9.17) is 14.5 Å². The number of ether oxygens (including phenoxy) is 2. The van der Waals surface area contributed by atoms with Crippen molar-refractivity contribution in [1.82, 2.24) is 24.8 Å². The van der Waals surface area contributed by atoms with Crippen molar-refractivity contribution in [1.29, 1.82) is 0 Å². The number of pyridine rings is 1. The van der Waals surface area contributed by atoms with Crippen LogP contribution in [0.3, 0.4) is 0 Å². The number of amides is 1. The Balaban J connectivity index is 1.63. The number of anilines is 2. The van der Waals surface area contributed by atoms with Gasteiger partial charge in [-0.2, -0.15) is 0 Å². The minimum Gasteiger partial charge on any atom is -0.495 e. The SMILES string of the molecule is C/C=C/c1c(OCC(C)C)c(=O)n(C)c2cnc(Nc3ccc(C(=O)NC4CCN(C)CC4)cc3OC)nc12. The summed E-state index contributed by atoms with van der Waals surface area (Å²) in [6.45, 7) is 8.29. The molecule has 1 fully saturated rings. The van der Waals surface area contributed by atoms with E-state index in [1.807, 2.05) is 32.9 Å². The number of likely N-dealkylation sites (tertiary alicyclic amines) is 1. The Labute approximate surface area is 229 Å². The van der Waals surface area contributed by atoms with Crippen LogP contribution in [-0.4, -0.2) is 65.2 Å². The van der Waals surface area contributed by atoms with Crippen LogP contribution < -0.4 is 25.7 Å². The summed E-state index contributed by atoms with van der Waals surface area (Å²) in [5.74, 6) is 1.21. The lowest BCUT2D eigenvalue weighted by atomic mass is 10.0. The summed E-state index contributed by atoms with van der Waals surface area (Å²) in [5, 5.41) is 6.34. The van der Waals surface area contributed by atoms with Crippen LogP contribution in [0.15, 0.2) is 35.3 Å². The molecular formula is C29H38N6O4. The average molecular weight is 535 g/mol. The van der Waals surface area contributed by atoms with Gasteiger partial charge in [0.05, 0.1) is 36.7 Å². The number of carbonyl (C=O) groups excluding carboxylic acids is 1. The number of carbonyl (C=O) groups is 1. The fourth-order valence-electron chi connectivity index (χ4n) is 4.55. The zero-order valence-electron chi connectivity index (χ0n) is 23.6. The van der Waals surface area contributed by atoms with E-state index in [1.165, 1.54) is 4.57 Å². The van der Waals surface area contributed by atoms with Gasteiger partial charge in [-0.15, -0.1) is 0 Å². The first kappa shape index (κ1) is 28.1. The summed E-state index contributed by atoms with van der Waals surface area (Å²) in [6, 6.07) is 5.41. The van der Waals surface area contributed by atoms with Crippen molar-refractivity contribution in [3.63, 3.8) is 0 Å². The molecule has 208 valence electrons. The number of nitrogens with one attached hydrogen (secondary N) is 2. The lowest BCUT2D eigenvalue weighted by Crippen LogP contribution is -2.43. The van der Waals surface area contributed by atoms with E-state index in [1.54, 1.807) is 38.6 Å². The van der Waals surface area contributed by atoms with Gasteiger partial charge in [0.25, 0.3) is 11.5 Å². The summed E-state index contributed by atoms with van der Waals surface area (Å²) in [4.78, 5) is 37.4. The summed E-state index contributed by atoms with van der Waals surface area (Å²) in [5.41, 5.74) is 2.67. The molecule has 1 amide bonds. The minimum atomic E-state index is -0.239. The van der Waals surface area contributed by atoms with Crippen molar-refractivity contribution in [3.05, 3.63) is 52.0 Å². The van der Waals surface area contributed by atoms with Crippen LogP contribution in [0.2, 0.25) is 0 Å². The minimum absolute atomic E-state index is 0.123.